The molecule has 0 bridgehead atoms. The Morgan fingerprint density at radius 2 is 1.57 bits per heavy atom. The zero-order chi connectivity index (χ0) is 15.4. The Labute approximate surface area is 142 Å². The number of thiol groups is 1. The minimum Gasteiger partial charge on any atom is -0.280 e. The van der Waals surface area contributed by atoms with Crippen LogP contribution in [0.25, 0.3) is 20.2 Å². The Morgan fingerprint density at radius 1 is 0.870 bits per heavy atom. The average molecular weight is 343 g/mol. The molecule has 1 nitrogen and oxygen atoms in total. The fraction of sp³-hybridized carbons (Fsp3) is 0.400. The second kappa shape index (κ2) is 5.15. The molecular weight excluding hydrogens is 320 g/mol. The molecule has 2 heterocycles. The Morgan fingerprint density at radius 3 is 2.35 bits per heavy atom. The van der Waals surface area contributed by atoms with Crippen LogP contribution < -0.4 is 0 Å². The van der Waals surface area contributed by atoms with E-state index in [4.69, 9.17) is 0 Å². The SMILES string of the molecule is O=[SH]1(c2ccc3sc4ccccc4c3c2)CC2CCCCC2C1. The number of thiophene rings is 1. The summed E-state index contributed by atoms with van der Waals surface area (Å²) in [5.41, 5.74) is 0. The molecule has 2 unspecified atom stereocenters. The molecule has 1 saturated heterocycles. The van der Waals surface area contributed by atoms with Crippen molar-refractivity contribution in [3.8, 4) is 0 Å². The molecule has 1 saturated carbocycles. The lowest BCUT2D eigenvalue weighted by Crippen LogP contribution is -2.16. The van der Waals surface area contributed by atoms with Crippen LogP contribution in [0.15, 0.2) is 47.4 Å². The Kier molecular flexibility index (Phi) is 3.18. The number of hydrogen-bond acceptors (Lipinski definition) is 2. The number of hydrogen-bond donors (Lipinski definition) is 1. The zero-order valence-electron chi connectivity index (χ0n) is 13.2. The summed E-state index contributed by atoms with van der Waals surface area (Å²) in [4.78, 5) is 1.14. The predicted octanol–water partition coefficient (Wildman–Crippen LogP) is 5.25. The summed E-state index contributed by atoms with van der Waals surface area (Å²) in [5.74, 6) is 3.38. The van der Waals surface area contributed by atoms with Gasteiger partial charge in [0.1, 0.15) is 0 Å². The van der Waals surface area contributed by atoms with Crippen molar-refractivity contribution in [2.75, 3.05) is 11.5 Å². The fourth-order valence-corrected chi connectivity index (χ4v) is 9.62. The van der Waals surface area contributed by atoms with E-state index in [1.807, 2.05) is 11.3 Å². The minimum absolute atomic E-state index is 0.726. The van der Waals surface area contributed by atoms with Crippen LogP contribution in [0, 0.1) is 11.8 Å². The van der Waals surface area contributed by atoms with E-state index in [9.17, 15) is 4.21 Å². The van der Waals surface area contributed by atoms with Gasteiger partial charge in [-0.25, -0.2) is 0 Å². The number of fused-ring (bicyclic) bond motifs is 4. The van der Waals surface area contributed by atoms with Crippen molar-refractivity contribution in [2.45, 2.75) is 30.6 Å². The summed E-state index contributed by atoms with van der Waals surface area (Å²) >= 11 is 1.84. The molecule has 1 aromatic heterocycles. The van der Waals surface area contributed by atoms with Crippen molar-refractivity contribution in [1.82, 2.24) is 0 Å². The Hall–Kier alpha value is -1.19. The van der Waals surface area contributed by atoms with Gasteiger partial charge < -0.3 is 0 Å². The lowest BCUT2D eigenvalue weighted by Gasteiger charge is -2.23. The van der Waals surface area contributed by atoms with E-state index in [1.54, 1.807) is 0 Å². The van der Waals surface area contributed by atoms with Gasteiger partial charge in [0.15, 0.2) is 0 Å². The van der Waals surface area contributed by atoms with Gasteiger partial charge in [-0.1, -0.05) is 41.0 Å². The molecule has 23 heavy (non-hydrogen) atoms. The average Bonchev–Trinajstić information content (AvgIpc) is 3.11. The van der Waals surface area contributed by atoms with Gasteiger partial charge in [0.25, 0.3) is 0 Å². The smallest absolute Gasteiger partial charge is 0.0356 e. The zero-order valence-corrected chi connectivity index (χ0v) is 14.9. The monoisotopic (exact) mass is 342 g/mol. The van der Waals surface area contributed by atoms with Crippen LogP contribution in [0.5, 0.6) is 0 Å². The topological polar surface area (TPSA) is 17.1 Å². The van der Waals surface area contributed by atoms with Crippen LogP contribution >= 0.6 is 11.3 Å². The summed E-state index contributed by atoms with van der Waals surface area (Å²) in [6.07, 6.45) is 5.29. The second-order valence-corrected chi connectivity index (χ2v) is 11.4. The quantitative estimate of drug-likeness (QED) is 0.598. The summed E-state index contributed by atoms with van der Waals surface area (Å²) in [5, 5.41) is 2.62. The molecule has 2 aromatic carbocycles. The van der Waals surface area contributed by atoms with Crippen molar-refractivity contribution in [3.63, 3.8) is 0 Å². The third-order valence-electron chi connectivity index (χ3n) is 5.96. The molecule has 0 radical (unpaired) electrons. The molecule has 1 aliphatic carbocycles. The van der Waals surface area contributed by atoms with Crippen molar-refractivity contribution < 1.29 is 4.21 Å². The summed E-state index contributed by atoms with van der Waals surface area (Å²) in [6.45, 7) is 0. The molecule has 0 N–H and O–H groups in total. The molecule has 120 valence electrons. The largest absolute Gasteiger partial charge is 0.280 e. The van der Waals surface area contributed by atoms with Gasteiger partial charge >= 0.3 is 0 Å². The van der Waals surface area contributed by atoms with Gasteiger partial charge in [-0.15, -0.1) is 11.3 Å². The standard InChI is InChI=1S/C20H22OS2/c21-23(12-14-5-1-2-6-15(14)13-23)16-9-10-20-18(11-16)17-7-3-4-8-19(17)22-20/h3-4,7-11,14-15,23H,1-2,5-6,12-13H2. The highest BCUT2D eigenvalue weighted by atomic mass is 32.2. The van der Waals surface area contributed by atoms with Gasteiger partial charge in [-0.2, -0.15) is 0 Å². The Bertz CT molecular complexity index is 921. The van der Waals surface area contributed by atoms with E-state index in [2.05, 4.69) is 42.5 Å². The molecule has 2 fully saturated rings. The molecule has 2 aliphatic rings. The first-order valence-electron chi connectivity index (χ1n) is 8.73. The highest BCUT2D eigenvalue weighted by molar-refractivity contribution is 8.03. The maximum absolute atomic E-state index is 13.7. The van der Waals surface area contributed by atoms with E-state index < -0.39 is 9.93 Å². The summed E-state index contributed by atoms with van der Waals surface area (Å²) < 4.78 is 16.3. The number of rotatable bonds is 1. The molecule has 2 atom stereocenters. The third kappa shape index (κ3) is 2.20. The van der Waals surface area contributed by atoms with Crippen molar-refractivity contribution in [2.24, 2.45) is 11.8 Å². The van der Waals surface area contributed by atoms with Crippen LogP contribution in [0.1, 0.15) is 25.7 Å². The molecular formula is C20H22OS2. The van der Waals surface area contributed by atoms with E-state index in [-0.39, 0.29) is 0 Å². The highest BCUT2D eigenvalue weighted by Crippen LogP contribution is 2.44. The fourth-order valence-electron chi connectivity index (χ4n) is 4.78. The van der Waals surface area contributed by atoms with E-state index in [0.29, 0.717) is 0 Å². The normalized spacial score (nSPS) is 28.0. The van der Waals surface area contributed by atoms with Gasteiger partial charge in [0, 0.05) is 36.6 Å². The van der Waals surface area contributed by atoms with Gasteiger partial charge in [0.2, 0.25) is 0 Å². The van der Waals surface area contributed by atoms with Crippen molar-refractivity contribution in [3.05, 3.63) is 42.5 Å². The maximum atomic E-state index is 13.7. The minimum atomic E-state index is -2.18. The molecule has 0 spiro atoms. The van der Waals surface area contributed by atoms with Crippen LogP contribution in [-0.4, -0.2) is 15.7 Å². The molecule has 5 rings (SSSR count). The van der Waals surface area contributed by atoms with Crippen molar-refractivity contribution in [1.29, 1.82) is 0 Å². The summed E-state index contributed by atoms with van der Waals surface area (Å²) in [7, 11) is -2.18. The highest BCUT2D eigenvalue weighted by Gasteiger charge is 2.39. The lowest BCUT2D eigenvalue weighted by molar-refractivity contribution is 0.299. The van der Waals surface area contributed by atoms with Gasteiger partial charge in [0.05, 0.1) is 0 Å². The first kappa shape index (κ1) is 14.2. The van der Waals surface area contributed by atoms with E-state index >= 15 is 0 Å². The van der Waals surface area contributed by atoms with Crippen LogP contribution in [-0.2, 0) is 9.93 Å². The third-order valence-corrected chi connectivity index (χ3v) is 10.4. The first-order valence-corrected chi connectivity index (χ1v) is 11.6. The first-order chi connectivity index (χ1) is 11.2. The van der Waals surface area contributed by atoms with Gasteiger partial charge in [-0.05, 0) is 48.9 Å². The molecule has 3 aromatic rings. The molecule has 0 amide bonds. The molecule has 3 heteroatoms. The summed E-state index contributed by atoms with van der Waals surface area (Å²) in [6, 6.07) is 15.2. The van der Waals surface area contributed by atoms with Crippen LogP contribution in [0.4, 0.5) is 0 Å². The lowest BCUT2D eigenvalue weighted by atomic mass is 9.82. The molecule has 1 aliphatic heterocycles. The van der Waals surface area contributed by atoms with E-state index in [1.165, 1.54) is 45.9 Å². The van der Waals surface area contributed by atoms with Crippen molar-refractivity contribution >= 4 is 41.4 Å². The van der Waals surface area contributed by atoms with Gasteiger partial charge in [-0.3, -0.25) is 4.21 Å². The van der Waals surface area contributed by atoms with Crippen LogP contribution in [0.2, 0.25) is 0 Å². The van der Waals surface area contributed by atoms with E-state index in [0.717, 1.165) is 28.2 Å². The maximum Gasteiger partial charge on any atom is 0.0356 e. The second-order valence-electron chi connectivity index (χ2n) is 7.34. The Balaban J connectivity index is 1.62. The predicted molar refractivity (Wildman–Crippen MR) is 102 cm³/mol. The van der Waals surface area contributed by atoms with Crippen LogP contribution in [0.3, 0.4) is 0 Å². The number of benzene rings is 2.